The molecule has 1 aliphatic carbocycles. The SMILES string of the molecule is CCOCn1c(SC)nc(CC2CCCCC2)c1CC. The largest absolute Gasteiger partial charge is 0.361 e. The number of nitrogens with zero attached hydrogens (tertiary/aromatic N) is 2. The summed E-state index contributed by atoms with van der Waals surface area (Å²) in [7, 11) is 0. The molecule has 1 heterocycles. The van der Waals surface area contributed by atoms with Gasteiger partial charge in [-0.3, -0.25) is 4.57 Å². The Morgan fingerprint density at radius 1 is 1.25 bits per heavy atom. The number of hydrogen-bond donors (Lipinski definition) is 0. The van der Waals surface area contributed by atoms with Crippen molar-refractivity contribution in [2.75, 3.05) is 12.9 Å². The van der Waals surface area contributed by atoms with Crippen LogP contribution in [0.4, 0.5) is 0 Å². The molecule has 2 rings (SSSR count). The first kappa shape index (κ1) is 15.9. The molecule has 0 amide bonds. The molecule has 0 unspecified atom stereocenters. The maximum absolute atomic E-state index is 5.62. The number of thioether (sulfide) groups is 1. The van der Waals surface area contributed by atoms with Crippen LogP contribution in [-0.2, 0) is 24.3 Å². The monoisotopic (exact) mass is 296 g/mol. The van der Waals surface area contributed by atoms with E-state index in [2.05, 4.69) is 17.7 Å². The maximum Gasteiger partial charge on any atom is 0.170 e. The first-order valence-electron chi connectivity index (χ1n) is 8.00. The lowest BCUT2D eigenvalue weighted by Crippen LogP contribution is -2.12. The summed E-state index contributed by atoms with van der Waals surface area (Å²) in [5, 5.41) is 1.11. The van der Waals surface area contributed by atoms with E-state index in [4.69, 9.17) is 9.72 Å². The fourth-order valence-electron chi connectivity index (χ4n) is 3.21. The molecule has 0 atom stereocenters. The standard InChI is InChI=1S/C16H28N2OS/c1-4-15-14(11-13-9-7-6-8-10-13)17-16(20-3)18(15)12-19-5-2/h13H,4-12H2,1-3H3. The number of imidazole rings is 1. The summed E-state index contributed by atoms with van der Waals surface area (Å²) >= 11 is 1.73. The average Bonchev–Trinajstić information content (AvgIpc) is 2.82. The molecular formula is C16H28N2OS. The van der Waals surface area contributed by atoms with Crippen molar-refractivity contribution in [3.63, 3.8) is 0 Å². The number of hydrogen-bond acceptors (Lipinski definition) is 3. The molecule has 1 fully saturated rings. The van der Waals surface area contributed by atoms with Gasteiger partial charge in [0.15, 0.2) is 5.16 Å². The van der Waals surface area contributed by atoms with Crippen molar-refractivity contribution in [3.8, 4) is 0 Å². The van der Waals surface area contributed by atoms with Gasteiger partial charge in [-0.15, -0.1) is 0 Å². The molecule has 3 nitrogen and oxygen atoms in total. The predicted molar refractivity (Wildman–Crippen MR) is 85.3 cm³/mol. The molecule has 1 aliphatic rings. The van der Waals surface area contributed by atoms with E-state index >= 15 is 0 Å². The first-order chi connectivity index (χ1) is 9.80. The van der Waals surface area contributed by atoms with E-state index in [-0.39, 0.29) is 0 Å². The van der Waals surface area contributed by atoms with E-state index in [1.807, 2.05) is 6.92 Å². The van der Waals surface area contributed by atoms with Gasteiger partial charge in [-0.1, -0.05) is 50.8 Å². The molecule has 0 aromatic carbocycles. The van der Waals surface area contributed by atoms with Gasteiger partial charge in [0.2, 0.25) is 0 Å². The molecule has 0 spiro atoms. The van der Waals surface area contributed by atoms with Gasteiger partial charge < -0.3 is 4.74 Å². The van der Waals surface area contributed by atoms with Crippen LogP contribution < -0.4 is 0 Å². The van der Waals surface area contributed by atoms with E-state index in [0.29, 0.717) is 6.73 Å². The van der Waals surface area contributed by atoms with Crippen LogP contribution in [0.15, 0.2) is 5.16 Å². The summed E-state index contributed by atoms with van der Waals surface area (Å²) in [6.45, 7) is 5.68. The van der Waals surface area contributed by atoms with Gasteiger partial charge in [0.05, 0.1) is 5.69 Å². The van der Waals surface area contributed by atoms with Crippen LogP contribution in [0.3, 0.4) is 0 Å². The maximum atomic E-state index is 5.62. The molecule has 0 saturated heterocycles. The van der Waals surface area contributed by atoms with E-state index in [9.17, 15) is 0 Å². The van der Waals surface area contributed by atoms with E-state index in [0.717, 1.165) is 30.5 Å². The number of ether oxygens (including phenoxy) is 1. The van der Waals surface area contributed by atoms with Crippen molar-refractivity contribution in [2.24, 2.45) is 5.92 Å². The molecule has 0 N–H and O–H groups in total. The smallest absolute Gasteiger partial charge is 0.170 e. The van der Waals surface area contributed by atoms with Crippen molar-refractivity contribution >= 4 is 11.8 Å². The van der Waals surface area contributed by atoms with Gasteiger partial charge in [-0.2, -0.15) is 0 Å². The Hall–Kier alpha value is -0.480. The van der Waals surface area contributed by atoms with Gasteiger partial charge >= 0.3 is 0 Å². The molecule has 0 bridgehead atoms. The highest BCUT2D eigenvalue weighted by Gasteiger charge is 2.20. The van der Waals surface area contributed by atoms with Crippen molar-refractivity contribution in [2.45, 2.75) is 70.7 Å². The zero-order valence-corrected chi connectivity index (χ0v) is 14.0. The van der Waals surface area contributed by atoms with Crippen LogP contribution in [-0.4, -0.2) is 22.4 Å². The summed E-state index contributed by atoms with van der Waals surface area (Å²) in [6, 6.07) is 0. The van der Waals surface area contributed by atoms with E-state index in [1.165, 1.54) is 43.5 Å². The van der Waals surface area contributed by atoms with Crippen molar-refractivity contribution in [3.05, 3.63) is 11.4 Å². The zero-order valence-electron chi connectivity index (χ0n) is 13.2. The lowest BCUT2D eigenvalue weighted by Gasteiger charge is -2.21. The minimum absolute atomic E-state index is 0.646. The third-order valence-corrected chi connectivity index (χ3v) is 4.95. The number of aromatic nitrogens is 2. The van der Waals surface area contributed by atoms with Crippen LogP contribution >= 0.6 is 11.8 Å². The Morgan fingerprint density at radius 3 is 2.60 bits per heavy atom. The van der Waals surface area contributed by atoms with Crippen LogP contribution in [0.25, 0.3) is 0 Å². The third kappa shape index (κ3) is 3.79. The average molecular weight is 296 g/mol. The van der Waals surface area contributed by atoms with Gasteiger partial charge in [-0.05, 0) is 31.9 Å². The Balaban J connectivity index is 2.15. The normalized spacial score (nSPS) is 16.8. The Bertz CT molecular complexity index is 411. The first-order valence-corrected chi connectivity index (χ1v) is 9.22. The fraction of sp³-hybridized carbons (Fsp3) is 0.812. The van der Waals surface area contributed by atoms with Crippen molar-refractivity contribution < 1.29 is 4.74 Å². The molecule has 0 aliphatic heterocycles. The molecule has 1 aromatic heterocycles. The molecule has 1 saturated carbocycles. The van der Waals surface area contributed by atoms with Crippen LogP contribution in [0, 0.1) is 5.92 Å². The van der Waals surface area contributed by atoms with Crippen LogP contribution in [0.2, 0.25) is 0 Å². The number of rotatable bonds is 7. The lowest BCUT2D eigenvalue weighted by atomic mass is 9.86. The molecular weight excluding hydrogens is 268 g/mol. The van der Waals surface area contributed by atoms with Gasteiger partial charge in [0.25, 0.3) is 0 Å². The second-order valence-electron chi connectivity index (χ2n) is 5.60. The second kappa shape index (κ2) is 8.08. The minimum Gasteiger partial charge on any atom is -0.361 e. The summed E-state index contributed by atoms with van der Waals surface area (Å²) in [5.74, 6) is 0.846. The highest BCUT2D eigenvalue weighted by Crippen LogP contribution is 2.29. The minimum atomic E-state index is 0.646. The summed E-state index contributed by atoms with van der Waals surface area (Å²) in [4.78, 5) is 4.89. The van der Waals surface area contributed by atoms with E-state index in [1.54, 1.807) is 11.8 Å². The highest BCUT2D eigenvalue weighted by molar-refractivity contribution is 7.98. The van der Waals surface area contributed by atoms with Gasteiger partial charge in [-0.25, -0.2) is 4.98 Å². The molecule has 114 valence electrons. The van der Waals surface area contributed by atoms with Crippen LogP contribution in [0.1, 0.15) is 57.3 Å². The van der Waals surface area contributed by atoms with Crippen LogP contribution in [0.5, 0.6) is 0 Å². The van der Waals surface area contributed by atoms with Gasteiger partial charge in [0.1, 0.15) is 6.73 Å². The van der Waals surface area contributed by atoms with Crippen molar-refractivity contribution in [1.82, 2.24) is 9.55 Å². The Kier molecular flexibility index (Phi) is 6.43. The molecule has 1 aromatic rings. The second-order valence-corrected chi connectivity index (χ2v) is 6.38. The summed E-state index contributed by atoms with van der Waals surface area (Å²) in [5.41, 5.74) is 2.71. The molecule has 4 heteroatoms. The quantitative estimate of drug-likeness (QED) is 0.703. The lowest BCUT2D eigenvalue weighted by molar-refractivity contribution is 0.0801. The third-order valence-electron chi connectivity index (χ3n) is 4.27. The Labute approximate surface area is 127 Å². The highest BCUT2D eigenvalue weighted by atomic mass is 32.2. The summed E-state index contributed by atoms with van der Waals surface area (Å²) < 4.78 is 7.89. The van der Waals surface area contributed by atoms with E-state index < -0.39 is 0 Å². The van der Waals surface area contributed by atoms with Gasteiger partial charge in [0, 0.05) is 12.3 Å². The molecule has 20 heavy (non-hydrogen) atoms. The predicted octanol–water partition coefficient (Wildman–Crippen LogP) is 4.28. The summed E-state index contributed by atoms with van der Waals surface area (Å²) in [6.07, 6.45) is 11.3. The Morgan fingerprint density at radius 2 is 2.00 bits per heavy atom. The topological polar surface area (TPSA) is 27.1 Å². The fourth-order valence-corrected chi connectivity index (χ4v) is 3.79. The van der Waals surface area contributed by atoms with Crippen molar-refractivity contribution in [1.29, 1.82) is 0 Å². The molecule has 0 radical (unpaired) electrons. The zero-order chi connectivity index (χ0) is 14.4.